The molecular formula is C9H6N2. The van der Waals surface area contributed by atoms with E-state index in [-0.39, 0.29) is 0 Å². The Labute approximate surface area is 65.1 Å². The van der Waals surface area contributed by atoms with E-state index in [1.54, 1.807) is 10.8 Å². The Hall–Kier alpha value is -1.57. The number of rotatable bonds is 1. The second-order valence-corrected chi connectivity index (χ2v) is 2.18. The van der Waals surface area contributed by atoms with Gasteiger partial charge in [-0.25, -0.2) is 4.98 Å². The van der Waals surface area contributed by atoms with E-state index in [0.29, 0.717) is 0 Å². The quantitative estimate of drug-likeness (QED) is 0.589. The minimum atomic E-state index is 1.06. The van der Waals surface area contributed by atoms with E-state index in [1.807, 2.05) is 30.3 Å². The molecule has 0 amide bonds. The molecule has 0 fully saturated rings. The first kappa shape index (κ1) is 6.16. The fourth-order valence-electron chi connectivity index (χ4n) is 0.919. The summed E-state index contributed by atoms with van der Waals surface area (Å²) >= 11 is 0. The Morgan fingerprint density at radius 1 is 1.18 bits per heavy atom. The third kappa shape index (κ3) is 1.15. The van der Waals surface area contributed by atoms with Crippen molar-refractivity contribution in [3.05, 3.63) is 49.1 Å². The molecule has 0 saturated carbocycles. The van der Waals surface area contributed by atoms with Crippen LogP contribution < -0.4 is 0 Å². The van der Waals surface area contributed by atoms with Crippen LogP contribution in [0.2, 0.25) is 0 Å². The Kier molecular flexibility index (Phi) is 1.44. The number of benzene rings is 1. The second-order valence-electron chi connectivity index (χ2n) is 2.18. The summed E-state index contributed by atoms with van der Waals surface area (Å²) in [5.74, 6) is 0. The standard InChI is InChI=1S/C9H6N2/c1-2-4-9(5-3-1)11-7-6-10-8-11/h1-5,7H. The molecule has 0 aliphatic rings. The van der Waals surface area contributed by atoms with Crippen LogP contribution >= 0.6 is 0 Å². The van der Waals surface area contributed by atoms with Crippen LogP contribution in [0.4, 0.5) is 0 Å². The molecule has 0 atom stereocenters. The Balaban J connectivity index is 2.46. The van der Waals surface area contributed by atoms with Gasteiger partial charge in [-0.05, 0) is 12.1 Å². The molecule has 0 bridgehead atoms. The van der Waals surface area contributed by atoms with E-state index in [9.17, 15) is 0 Å². The molecule has 2 aromatic rings. The average molecular weight is 142 g/mol. The monoisotopic (exact) mass is 142 g/mol. The highest BCUT2D eigenvalue weighted by molar-refractivity contribution is 5.30. The van der Waals surface area contributed by atoms with Crippen molar-refractivity contribution in [1.82, 2.24) is 9.55 Å². The van der Waals surface area contributed by atoms with Gasteiger partial charge in [-0.15, -0.1) is 0 Å². The van der Waals surface area contributed by atoms with Gasteiger partial charge in [0.05, 0.1) is 0 Å². The molecule has 0 N–H and O–H groups in total. The number of para-hydroxylation sites is 1. The highest BCUT2D eigenvalue weighted by Gasteiger charge is 1.91. The van der Waals surface area contributed by atoms with E-state index in [0.717, 1.165) is 5.69 Å². The van der Waals surface area contributed by atoms with E-state index >= 15 is 0 Å². The van der Waals surface area contributed by atoms with Gasteiger partial charge in [0.15, 0.2) is 6.33 Å². The van der Waals surface area contributed by atoms with E-state index in [1.165, 1.54) is 0 Å². The van der Waals surface area contributed by atoms with Crippen molar-refractivity contribution < 1.29 is 0 Å². The predicted octanol–water partition coefficient (Wildman–Crippen LogP) is 1.47. The normalized spacial score (nSPS) is 9.82. The lowest BCUT2D eigenvalue weighted by Crippen LogP contribution is -1.87. The third-order valence-corrected chi connectivity index (χ3v) is 1.44. The molecule has 0 aliphatic carbocycles. The first-order valence-electron chi connectivity index (χ1n) is 3.35. The fourth-order valence-corrected chi connectivity index (χ4v) is 0.919. The van der Waals surface area contributed by atoms with Crippen molar-refractivity contribution in [2.45, 2.75) is 0 Å². The summed E-state index contributed by atoms with van der Waals surface area (Å²) in [5, 5.41) is 0. The molecule has 11 heavy (non-hydrogen) atoms. The van der Waals surface area contributed by atoms with Crippen molar-refractivity contribution in [3.8, 4) is 5.69 Å². The number of imidazole rings is 1. The van der Waals surface area contributed by atoms with Gasteiger partial charge >= 0.3 is 0 Å². The molecule has 0 saturated heterocycles. The molecule has 0 spiro atoms. The van der Waals surface area contributed by atoms with Gasteiger partial charge in [0.25, 0.3) is 0 Å². The Morgan fingerprint density at radius 2 is 2.00 bits per heavy atom. The lowest BCUT2D eigenvalue weighted by Gasteiger charge is -1.97. The summed E-state index contributed by atoms with van der Waals surface area (Å²) in [7, 11) is 0. The second kappa shape index (κ2) is 2.58. The smallest absolute Gasteiger partial charge is 0.182 e. The van der Waals surface area contributed by atoms with Gasteiger partial charge in [-0.3, -0.25) is 4.57 Å². The van der Waals surface area contributed by atoms with Crippen LogP contribution in [0.15, 0.2) is 36.5 Å². The first-order valence-corrected chi connectivity index (χ1v) is 3.35. The minimum Gasteiger partial charge on any atom is -0.296 e. The summed E-state index contributed by atoms with van der Waals surface area (Å²) in [6, 6.07) is 9.91. The highest BCUT2D eigenvalue weighted by Crippen LogP contribution is 2.03. The highest BCUT2D eigenvalue weighted by atomic mass is 15.0. The van der Waals surface area contributed by atoms with Crippen LogP contribution in [0.5, 0.6) is 0 Å². The van der Waals surface area contributed by atoms with Gasteiger partial charge in [-0.1, -0.05) is 18.2 Å². The molecule has 2 rings (SSSR count). The Morgan fingerprint density at radius 3 is 2.64 bits per heavy atom. The van der Waals surface area contributed by atoms with Gasteiger partial charge in [0.1, 0.15) is 6.20 Å². The number of nitrogens with zero attached hydrogens (tertiary/aromatic N) is 2. The van der Waals surface area contributed by atoms with E-state index in [4.69, 9.17) is 0 Å². The zero-order valence-electron chi connectivity index (χ0n) is 5.86. The zero-order valence-corrected chi connectivity index (χ0v) is 5.86. The molecule has 0 aliphatic heterocycles. The SMILES string of the molecule is [c]1cn(-c2ccccc2)[c]n1. The van der Waals surface area contributed by atoms with Gasteiger partial charge < -0.3 is 0 Å². The Bertz CT molecular complexity index is 311. The van der Waals surface area contributed by atoms with Crippen LogP contribution in [0.3, 0.4) is 0 Å². The largest absolute Gasteiger partial charge is 0.296 e. The van der Waals surface area contributed by atoms with Crippen LogP contribution in [-0.2, 0) is 0 Å². The molecule has 52 valence electrons. The van der Waals surface area contributed by atoms with Crippen molar-refractivity contribution in [2.24, 2.45) is 0 Å². The molecule has 0 unspecified atom stereocenters. The van der Waals surface area contributed by atoms with Gasteiger partial charge in [-0.2, -0.15) is 0 Å². The minimum absolute atomic E-state index is 1.06. The van der Waals surface area contributed by atoms with Crippen LogP contribution in [0.25, 0.3) is 5.69 Å². The average Bonchev–Trinajstić information content (AvgIpc) is 2.58. The van der Waals surface area contributed by atoms with Gasteiger partial charge in [0, 0.05) is 11.9 Å². The fraction of sp³-hybridized carbons (Fsp3) is 0. The molecule has 2 heteroatoms. The van der Waals surface area contributed by atoms with Crippen LogP contribution in [-0.4, -0.2) is 9.55 Å². The van der Waals surface area contributed by atoms with Crippen molar-refractivity contribution in [1.29, 1.82) is 0 Å². The van der Waals surface area contributed by atoms with Crippen LogP contribution in [0, 0.1) is 12.5 Å². The third-order valence-electron chi connectivity index (χ3n) is 1.44. The molecule has 2 nitrogen and oxygen atoms in total. The number of aromatic nitrogens is 2. The maximum Gasteiger partial charge on any atom is 0.182 e. The lowest BCUT2D eigenvalue weighted by atomic mass is 10.3. The molecule has 1 aromatic heterocycles. The number of hydrogen-bond donors (Lipinski definition) is 0. The maximum absolute atomic E-state index is 3.71. The maximum atomic E-state index is 3.71. The van der Waals surface area contributed by atoms with Crippen molar-refractivity contribution in [3.63, 3.8) is 0 Å². The lowest BCUT2D eigenvalue weighted by molar-refractivity contribution is 1.04. The molecule has 1 heterocycles. The van der Waals surface area contributed by atoms with Crippen molar-refractivity contribution >= 4 is 0 Å². The van der Waals surface area contributed by atoms with Crippen molar-refractivity contribution in [2.75, 3.05) is 0 Å². The summed E-state index contributed by atoms with van der Waals surface area (Å²) in [6.07, 6.45) is 7.20. The topological polar surface area (TPSA) is 17.8 Å². The first-order chi connectivity index (χ1) is 5.47. The number of hydrogen-bond acceptors (Lipinski definition) is 1. The van der Waals surface area contributed by atoms with E-state index in [2.05, 4.69) is 17.5 Å². The molecular weight excluding hydrogens is 136 g/mol. The van der Waals surface area contributed by atoms with E-state index < -0.39 is 0 Å². The molecule has 2 radical (unpaired) electrons. The van der Waals surface area contributed by atoms with Crippen LogP contribution in [0.1, 0.15) is 0 Å². The predicted molar refractivity (Wildman–Crippen MR) is 41.2 cm³/mol. The summed E-state index contributed by atoms with van der Waals surface area (Å²) in [4.78, 5) is 3.71. The summed E-state index contributed by atoms with van der Waals surface area (Å²) < 4.78 is 1.79. The summed E-state index contributed by atoms with van der Waals surface area (Å²) in [6.45, 7) is 0. The molecule has 1 aromatic carbocycles. The summed E-state index contributed by atoms with van der Waals surface area (Å²) in [5.41, 5.74) is 1.06. The zero-order chi connectivity index (χ0) is 7.52. The van der Waals surface area contributed by atoms with Gasteiger partial charge in [0.2, 0.25) is 0 Å².